The number of piperidine rings is 1. The number of hydrogen-bond donors (Lipinski definition) is 0. The van der Waals surface area contributed by atoms with E-state index in [1.54, 1.807) is 12.3 Å². The summed E-state index contributed by atoms with van der Waals surface area (Å²) in [5, 5.41) is 0. The summed E-state index contributed by atoms with van der Waals surface area (Å²) in [6.45, 7) is 6.21. The maximum absolute atomic E-state index is 12.7. The normalized spacial score (nSPS) is 18.5. The molecule has 0 saturated carbocycles. The second kappa shape index (κ2) is 6.25. The van der Waals surface area contributed by atoms with E-state index >= 15 is 0 Å². The molecule has 6 heteroatoms. The van der Waals surface area contributed by atoms with Crippen LogP contribution in [-0.4, -0.2) is 43.4 Å². The Bertz CT molecular complexity index is 632. The Morgan fingerprint density at radius 1 is 1.36 bits per heavy atom. The molecule has 22 heavy (non-hydrogen) atoms. The van der Waals surface area contributed by atoms with Gasteiger partial charge in [0, 0.05) is 37.7 Å². The third-order valence-corrected chi connectivity index (χ3v) is 4.02. The van der Waals surface area contributed by atoms with Crippen molar-refractivity contribution in [2.45, 2.75) is 33.2 Å². The lowest BCUT2D eigenvalue weighted by Gasteiger charge is -2.32. The van der Waals surface area contributed by atoms with Crippen molar-refractivity contribution in [3.63, 3.8) is 0 Å². The van der Waals surface area contributed by atoms with Crippen molar-refractivity contribution in [3.8, 4) is 0 Å². The van der Waals surface area contributed by atoms with Crippen LogP contribution in [0.3, 0.4) is 0 Å². The van der Waals surface area contributed by atoms with Crippen LogP contribution in [-0.2, 0) is 6.54 Å². The highest BCUT2D eigenvalue weighted by molar-refractivity contribution is 5.92. The Hall–Kier alpha value is -2.24. The molecular formula is C16H21N5O. The molecule has 6 nitrogen and oxygen atoms in total. The molecule has 3 heterocycles. The topological polar surface area (TPSA) is 63.9 Å². The van der Waals surface area contributed by atoms with Crippen molar-refractivity contribution in [1.29, 1.82) is 0 Å². The molecule has 1 atom stereocenters. The fraction of sp³-hybridized carbons (Fsp3) is 0.500. The molecule has 3 rings (SSSR count). The minimum absolute atomic E-state index is 0.0175. The van der Waals surface area contributed by atoms with E-state index in [9.17, 15) is 4.79 Å². The largest absolute Gasteiger partial charge is 0.337 e. The first kappa shape index (κ1) is 14.7. The molecule has 2 aromatic heterocycles. The van der Waals surface area contributed by atoms with Crippen LogP contribution >= 0.6 is 0 Å². The first-order chi connectivity index (χ1) is 10.6. The molecule has 116 valence electrons. The third kappa shape index (κ3) is 3.32. The van der Waals surface area contributed by atoms with E-state index in [4.69, 9.17) is 0 Å². The summed E-state index contributed by atoms with van der Waals surface area (Å²) in [4.78, 5) is 27.2. The van der Waals surface area contributed by atoms with E-state index < -0.39 is 0 Å². The first-order valence-electron chi connectivity index (χ1n) is 7.69. The lowest BCUT2D eigenvalue weighted by atomic mass is 9.97. The van der Waals surface area contributed by atoms with E-state index in [1.165, 1.54) is 0 Å². The van der Waals surface area contributed by atoms with Crippen molar-refractivity contribution in [2.75, 3.05) is 13.1 Å². The van der Waals surface area contributed by atoms with Gasteiger partial charge in [0.2, 0.25) is 0 Å². The van der Waals surface area contributed by atoms with Crippen molar-refractivity contribution in [2.24, 2.45) is 5.92 Å². The van der Waals surface area contributed by atoms with E-state index in [1.807, 2.05) is 31.3 Å². The molecule has 0 aliphatic carbocycles. The minimum Gasteiger partial charge on any atom is -0.337 e. The molecule has 0 aromatic carbocycles. The molecule has 1 amide bonds. The standard InChI is InChI=1S/C16H21N5O/c1-12-8-15(19-13(2)18-12)16(22)21-6-3-4-14(10-21)9-20-7-5-17-11-20/h5,7-8,11,14H,3-4,6,9-10H2,1-2H3/t14-/m1/s1. The van der Waals surface area contributed by atoms with Gasteiger partial charge < -0.3 is 9.47 Å². The SMILES string of the molecule is Cc1cc(C(=O)N2CCC[C@H](Cn3ccnc3)C2)nc(C)n1. The molecule has 1 fully saturated rings. The van der Waals surface area contributed by atoms with Crippen LogP contribution in [0.25, 0.3) is 0 Å². The molecule has 1 aliphatic heterocycles. The van der Waals surface area contributed by atoms with Gasteiger partial charge in [-0.3, -0.25) is 4.79 Å². The average Bonchev–Trinajstić information content (AvgIpc) is 2.98. The van der Waals surface area contributed by atoms with Gasteiger partial charge in [0.05, 0.1) is 6.33 Å². The second-order valence-electron chi connectivity index (χ2n) is 5.96. The van der Waals surface area contributed by atoms with E-state index in [0.29, 0.717) is 17.4 Å². The number of nitrogens with zero attached hydrogens (tertiary/aromatic N) is 5. The Balaban J connectivity index is 1.69. The van der Waals surface area contributed by atoms with Gasteiger partial charge in [0.25, 0.3) is 5.91 Å². The number of hydrogen-bond acceptors (Lipinski definition) is 4. The summed E-state index contributed by atoms with van der Waals surface area (Å²) in [6.07, 6.45) is 7.77. The summed E-state index contributed by atoms with van der Waals surface area (Å²) in [5.41, 5.74) is 1.34. The molecule has 0 N–H and O–H groups in total. The summed E-state index contributed by atoms with van der Waals surface area (Å²) in [5.74, 6) is 1.13. The minimum atomic E-state index is 0.0175. The maximum atomic E-state index is 12.7. The summed E-state index contributed by atoms with van der Waals surface area (Å²) >= 11 is 0. The highest BCUT2D eigenvalue weighted by atomic mass is 16.2. The van der Waals surface area contributed by atoms with Gasteiger partial charge in [-0.1, -0.05) is 0 Å². The number of likely N-dealkylation sites (tertiary alicyclic amines) is 1. The third-order valence-electron chi connectivity index (χ3n) is 4.02. The van der Waals surface area contributed by atoms with Gasteiger partial charge in [0.1, 0.15) is 11.5 Å². The van der Waals surface area contributed by atoms with Gasteiger partial charge in [-0.15, -0.1) is 0 Å². The predicted octanol–water partition coefficient (Wildman–Crippen LogP) is 1.84. The smallest absolute Gasteiger partial charge is 0.272 e. The molecule has 1 aliphatic rings. The van der Waals surface area contributed by atoms with Gasteiger partial charge in [-0.25, -0.2) is 15.0 Å². The highest BCUT2D eigenvalue weighted by Crippen LogP contribution is 2.20. The molecule has 2 aromatic rings. The van der Waals surface area contributed by atoms with E-state index in [0.717, 1.165) is 38.2 Å². The molecular weight excluding hydrogens is 278 g/mol. The van der Waals surface area contributed by atoms with E-state index in [2.05, 4.69) is 19.5 Å². The highest BCUT2D eigenvalue weighted by Gasteiger charge is 2.25. The zero-order valence-electron chi connectivity index (χ0n) is 13.1. The summed E-state index contributed by atoms with van der Waals surface area (Å²) < 4.78 is 2.08. The van der Waals surface area contributed by atoms with Crippen molar-refractivity contribution >= 4 is 5.91 Å². The number of imidazole rings is 1. The number of carbonyl (C=O) groups excluding carboxylic acids is 1. The van der Waals surface area contributed by atoms with Crippen LogP contribution in [0.5, 0.6) is 0 Å². The number of rotatable bonds is 3. The fourth-order valence-corrected chi connectivity index (χ4v) is 3.08. The Morgan fingerprint density at radius 2 is 2.23 bits per heavy atom. The molecule has 0 spiro atoms. The van der Waals surface area contributed by atoms with Crippen LogP contribution in [0.15, 0.2) is 24.8 Å². The Morgan fingerprint density at radius 3 is 2.95 bits per heavy atom. The van der Waals surface area contributed by atoms with Crippen molar-refractivity contribution in [3.05, 3.63) is 42.0 Å². The molecule has 0 unspecified atom stereocenters. The fourth-order valence-electron chi connectivity index (χ4n) is 3.08. The summed E-state index contributed by atoms with van der Waals surface area (Å²) in [6, 6.07) is 1.77. The lowest BCUT2D eigenvalue weighted by molar-refractivity contribution is 0.0655. The predicted molar refractivity (Wildman–Crippen MR) is 82.4 cm³/mol. The number of aryl methyl sites for hydroxylation is 2. The Kier molecular flexibility index (Phi) is 4.18. The van der Waals surface area contributed by atoms with Gasteiger partial charge in [0.15, 0.2) is 0 Å². The van der Waals surface area contributed by atoms with Crippen LogP contribution in [0, 0.1) is 19.8 Å². The van der Waals surface area contributed by atoms with E-state index in [-0.39, 0.29) is 5.91 Å². The second-order valence-corrected chi connectivity index (χ2v) is 5.96. The lowest BCUT2D eigenvalue weighted by Crippen LogP contribution is -2.41. The van der Waals surface area contributed by atoms with Crippen LogP contribution in [0.1, 0.15) is 34.8 Å². The molecule has 0 bridgehead atoms. The average molecular weight is 299 g/mol. The number of amides is 1. The quantitative estimate of drug-likeness (QED) is 0.867. The van der Waals surface area contributed by atoms with Gasteiger partial charge in [-0.2, -0.15) is 0 Å². The number of aromatic nitrogens is 4. The van der Waals surface area contributed by atoms with Crippen molar-refractivity contribution < 1.29 is 4.79 Å². The van der Waals surface area contributed by atoms with Crippen molar-refractivity contribution in [1.82, 2.24) is 24.4 Å². The van der Waals surface area contributed by atoms with Crippen LogP contribution in [0.4, 0.5) is 0 Å². The van der Waals surface area contributed by atoms with Crippen LogP contribution in [0.2, 0.25) is 0 Å². The maximum Gasteiger partial charge on any atom is 0.272 e. The van der Waals surface area contributed by atoms with Gasteiger partial charge in [-0.05, 0) is 38.7 Å². The molecule has 1 saturated heterocycles. The first-order valence-corrected chi connectivity index (χ1v) is 7.69. The number of carbonyl (C=O) groups is 1. The van der Waals surface area contributed by atoms with Crippen LogP contribution < -0.4 is 0 Å². The monoisotopic (exact) mass is 299 g/mol. The molecule has 0 radical (unpaired) electrons. The zero-order valence-corrected chi connectivity index (χ0v) is 13.1. The summed E-state index contributed by atoms with van der Waals surface area (Å²) in [7, 11) is 0. The van der Waals surface area contributed by atoms with Gasteiger partial charge >= 0.3 is 0 Å². The zero-order chi connectivity index (χ0) is 15.5. The Labute approximate surface area is 130 Å².